The Labute approximate surface area is 157 Å². The van der Waals surface area contributed by atoms with Crippen molar-refractivity contribution in [3.63, 3.8) is 0 Å². The van der Waals surface area contributed by atoms with Gasteiger partial charge in [0, 0.05) is 0 Å². The molecule has 0 N–H and O–H groups in total. The summed E-state index contributed by atoms with van der Waals surface area (Å²) in [4.78, 5) is 12.3. The summed E-state index contributed by atoms with van der Waals surface area (Å²) in [7, 11) is 0. The molecule has 0 saturated carbocycles. The normalized spacial score (nSPS) is 17.5. The van der Waals surface area contributed by atoms with Crippen molar-refractivity contribution in [1.29, 1.82) is 0 Å². The molecule has 2 aromatic carbocycles. The van der Waals surface area contributed by atoms with Crippen LogP contribution in [0.15, 0.2) is 36.4 Å². The first-order chi connectivity index (χ1) is 12.1. The summed E-state index contributed by atoms with van der Waals surface area (Å²) >= 11 is 0. The highest BCUT2D eigenvalue weighted by atomic mass is 16.5. The molecule has 0 amide bonds. The van der Waals surface area contributed by atoms with Gasteiger partial charge in [0.15, 0.2) is 5.78 Å². The highest BCUT2D eigenvalue weighted by Crippen LogP contribution is 2.47. The first-order valence-corrected chi connectivity index (χ1v) is 9.48. The lowest BCUT2D eigenvalue weighted by molar-refractivity contribution is 0.101. The Hall–Kier alpha value is -2.09. The Balaban J connectivity index is 2.01. The van der Waals surface area contributed by atoms with E-state index in [-0.39, 0.29) is 16.6 Å². The van der Waals surface area contributed by atoms with E-state index in [4.69, 9.17) is 4.74 Å². The van der Waals surface area contributed by atoms with Crippen LogP contribution in [0.2, 0.25) is 0 Å². The van der Waals surface area contributed by atoms with Gasteiger partial charge in [-0.25, -0.2) is 0 Å². The minimum atomic E-state index is 0.0610. The van der Waals surface area contributed by atoms with E-state index in [0.717, 1.165) is 18.4 Å². The largest absolute Gasteiger partial charge is 0.488 e. The van der Waals surface area contributed by atoms with Crippen molar-refractivity contribution in [3.8, 4) is 5.75 Å². The number of Topliss-reactive ketones (excluding diaryl/α,β-unsaturated/α-hetero) is 1. The van der Waals surface area contributed by atoms with Crippen LogP contribution in [-0.4, -0.2) is 5.78 Å². The molecule has 0 fully saturated rings. The van der Waals surface area contributed by atoms with Crippen molar-refractivity contribution < 1.29 is 9.53 Å². The third-order valence-electron chi connectivity index (χ3n) is 5.85. The van der Waals surface area contributed by atoms with Crippen LogP contribution in [0.3, 0.4) is 0 Å². The van der Waals surface area contributed by atoms with Gasteiger partial charge in [0.1, 0.15) is 12.4 Å². The standard InChI is InChI=1S/C24H30O2/c1-16-7-9-18(10-8-16)15-26-22-14-21-20(13-19(22)17(2)25)23(3,4)11-12-24(21,5)6/h7-10,13-14H,11-12,15H2,1-6H3. The third-order valence-corrected chi connectivity index (χ3v) is 5.85. The first kappa shape index (κ1) is 18.7. The quantitative estimate of drug-likeness (QED) is 0.620. The van der Waals surface area contributed by atoms with Crippen LogP contribution < -0.4 is 4.74 Å². The zero-order valence-corrected chi connectivity index (χ0v) is 16.9. The number of rotatable bonds is 4. The Morgan fingerprint density at radius 1 is 0.962 bits per heavy atom. The molecule has 1 aliphatic rings. The van der Waals surface area contributed by atoms with E-state index < -0.39 is 0 Å². The van der Waals surface area contributed by atoms with Crippen LogP contribution in [0.1, 0.15) is 80.1 Å². The van der Waals surface area contributed by atoms with Crippen LogP contribution >= 0.6 is 0 Å². The summed E-state index contributed by atoms with van der Waals surface area (Å²) in [6.07, 6.45) is 2.28. The fourth-order valence-electron chi connectivity index (χ4n) is 3.83. The SMILES string of the molecule is CC(=O)c1cc2c(cc1OCc1ccc(C)cc1)C(C)(C)CCC2(C)C. The molecule has 26 heavy (non-hydrogen) atoms. The average molecular weight is 351 g/mol. The number of benzene rings is 2. The van der Waals surface area contributed by atoms with Crippen LogP contribution in [0.25, 0.3) is 0 Å². The number of fused-ring (bicyclic) bond motifs is 1. The van der Waals surface area contributed by atoms with Crippen LogP contribution in [-0.2, 0) is 17.4 Å². The molecule has 0 aliphatic heterocycles. The Bertz CT molecular complexity index is 826. The maximum absolute atomic E-state index is 12.3. The second-order valence-corrected chi connectivity index (χ2v) is 8.99. The van der Waals surface area contributed by atoms with Crippen LogP contribution in [0.5, 0.6) is 5.75 Å². The van der Waals surface area contributed by atoms with Gasteiger partial charge in [-0.15, -0.1) is 0 Å². The number of carbonyl (C=O) groups excluding carboxylic acids is 1. The van der Waals surface area contributed by atoms with Crippen molar-refractivity contribution in [2.45, 2.75) is 71.8 Å². The molecule has 1 aliphatic carbocycles. The Kier molecular flexibility index (Phi) is 4.72. The number of aryl methyl sites for hydroxylation is 1. The lowest BCUT2D eigenvalue weighted by Gasteiger charge is -2.42. The van der Waals surface area contributed by atoms with Crippen LogP contribution in [0, 0.1) is 6.92 Å². The van der Waals surface area contributed by atoms with Crippen molar-refractivity contribution in [2.75, 3.05) is 0 Å². The van der Waals surface area contributed by atoms with Gasteiger partial charge in [-0.1, -0.05) is 57.5 Å². The van der Waals surface area contributed by atoms with Crippen molar-refractivity contribution >= 4 is 5.78 Å². The second kappa shape index (κ2) is 6.57. The average Bonchev–Trinajstić information content (AvgIpc) is 2.58. The minimum Gasteiger partial charge on any atom is -0.488 e. The lowest BCUT2D eigenvalue weighted by atomic mass is 9.63. The summed E-state index contributed by atoms with van der Waals surface area (Å²) < 4.78 is 6.13. The van der Waals surface area contributed by atoms with Crippen molar-refractivity contribution in [1.82, 2.24) is 0 Å². The molecule has 0 bridgehead atoms. The summed E-state index contributed by atoms with van der Waals surface area (Å²) in [6.45, 7) is 13.3. The van der Waals surface area contributed by atoms with Gasteiger partial charge >= 0.3 is 0 Å². The van der Waals surface area contributed by atoms with Gasteiger partial charge in [-0.05, 0) is 66.3 Å². The molecule has 138 valence electrons. The molecule has 3 rings (SSSR count). The van der Waals surface area contributed by atoms with E-state index in [2.05, 4.69) is 71.0 Å². The molecule has 0 atom stereocenters. The predicted octanol–water partition coefficient (Wildman–Crippen LogP) is 6.13. The molecule has 0 radical (unpaired) electrons. The number of carbonyl (C=O) groups is 1. The molecule has 2 aromatic rings. The molecular formula is C24H30O2. The summed E-state index contributed by atoms with van der Waals surface area (Å²) in [5, 5.41) is 0. The molecule has 0 spiro atoms. The number of hydrogen-bond donors (Lipinski definition) is 0. The monoisotopic (exact) mass is 350 g/mol. The van der Waals surface area contributed by atoms with Crippen LogP contribution in [0.4, 0.5) is 0 Å². The maximum Gasteiger partial charge on any atom is 0.163 e. The topological polar surface area (TPSA) is 26.3 Å². The van der Waals surface area contributed by atoms with Gasteiger partial charge in [0.25, 0.3) is 0 Å². The predicted molar refractivity (Wildman–Crippen MR) is 107 cm³/mol. The van der Waals surface area contributed by atoms with Gasteiger partial charge < -0.3 is 4.74 Å². The fourth-order valence-corrected chi connectivity index (χ4v) is 3.83. The van der Waals surface area contributed by atoms with E-state index in [0.29, 0.717) is 17.9 Å². The molecule has 0 aromatic heterocycles. The van der Waals surface area contributed by atoms with Gasteiger partial charge in [0.05, 0.1) is 5.56 Å². The number of ketones is 1. The number of ether oxygens (including phenoxy) is 1. The lowest BCUT2D eigenvalue weighted by Crippen LogP contribution is -2.34. The zero-order chi connectivity index (χ0) is 19.1. The highest BCUT2D eigenvalue weighted by molar-refractivity contribution is 5.97. The van der Waals surface area contributed by atoms with Gasteiger partial charge in [-0.2, -0.15) is 0 Å². The smallest absolute Gasteiger partial charge is 0.163 e. The van der Waals surface area contributed by atoms with Gasteiger partial charge in [0.2, 0.25) is 0 Å². The van der Waals surface area contributed by atoms with Gasteiger partial charge in [-0.3, -0.25) is 4.79 Å². The molecule has 2 heteroatoms. The summed E-state index contributed by atoms with van der Waals surface area (Å²) in [6, 6.07) is 12.5. The van der Waals surface area contributed by atoms with E-state index in [1.165, 1.54) is 16.7 Å². The fraction of sp³-hybridized carbons (Fsp3) is 0.458. The van der Waals surface area contributed by atoms with E-state index in [9.17, 15) is 4.79 Å². The Morgan fingerprint density at radius 3 is 2.04 bits per heavy atom. The minimum absolute atomic E-state index is 0.0610. The molecule has 0 unspecified atom stereocenters. The Morgan fingerprint density at radius 2 is 1.50 bits per heavy atom. The first-order valence-electron chi connectivity index (χ1n) is 9.48. The van der Waals surface area contributed by atoms with E-state index >= 15 is 0 Å². The molecular weight excluding hydrogens is 320 g/mol. The molecule has 0 heterocycles. The van der Waals surface area contributed by atoms with Crippen molar-refractivity contribution in [2.24, 2.45) is 0 Å². The number of hydrogen-bond acceptors (Lipinski definition) is 2. The summed E-state index contributed by atoms with van der Waals surface area (Å²) in [5.41, 5.74) is 5.84. The second-order valence-electron chi connectivity index (χ2n) is 8.99. The molecule has 0 saturated heterocycles. The highest BCUT2D eigenvalue weighted by Gasteiger charge is 2.38. The third kappa shape index (κ3) is 3.56. The van der Waals surface area contributed by atoms with E-state index in [1.54, 1.807) is 6.92 Å². The zero-order valence-electron chi connectivity index (χ0n) is 16.9. The maximum atomic E-state index is 12.3. The van der Waals surface area contributed by atoms with Crippen molar-refractivity contribution in [3.05, 3.63) is 64.2 Å². The van der Waals surface area contributed by atoms with E-state index in [1.807, 2.05) is 0 Å². The molecule has 2 nitrogen and oxygen atoms in total. The summed E-state index contributed by atoms with van der Waals surface area (Å²) in [5.74, 6) is 0.772.